The van der Waals surface area contributed by atoms with E-state index >= 15 is 0 Å². The van der Waals surface area contributed by atoms with Gasteiger partial charge in [-0.25, -0.2) is 4.98 Å². The number of benzene rings is 1. The molecule has 0 aliphatic rings. The first-order valence-electron chi connectivity index (χ1n) is 6.54. The van der Waals surface area contributed by atoms with Crippen molar-refractivity contribution in [1.29, 1.82) is 0 Å². The fraction of sp³-hybridized carbons (Fsp3) is 0.188. The summed E-state index contributed by atoms with van der Waals surface area (Å²) in [6, 6.07) is 10.1. The van der Waals surface area contributed by atoms with Gasteiger partial charge < -0.3 is 14.9 Å². The first-order valence-corrected chi connectivity index (χ1v) is 6.54. The molecule has 2 heterocycles. The summed E-state index contributed by atoms with van der Waals surface area (Å²) in [5.41, 5.74) is 10.8. The Kier molecular flexibility index (Phi) is 3.16. The monoisotopic (exact) mass is 267 g/mol. The van der Waals surface area contributed by atoms with Gasteiger partial charge in [0.25, 0.3) is 0 Å². The maximum atomic E-state index is 5.66. The minimum atomic E-state index is 0.533. The topological polar surface area (TPSA) is 52.5 Å². The second-order valence-electron chi connectivity index (χ2n) is 4.82. The average Bonchev–Trinajstić information content (AvgIpc) is 2.89. The molecule has 0 fully saturated rings. The summed E-state index contributed by atoms with van der Waals surface area (Å²) in [4.78, 5) is 4.64. The molecule has 3 rings (SSSR count). The quantitative estimate of drug-likeness (QED) is 0.794. The van der Waals surface area contributed by atoms with Crippen LogP contribution in [-0.2, 0) is 6.54 Å². The van der Waals surface area contributed by atoms with Crippen molar-refractivity contribution in [1.82, 2.24) is 9.38 Å². The molecule has 2 aromatic heterocycles. The fourth-order valence-corrected chi connectivity index (χ4v) is 2.34. The number of hydrogen-bond donors (Lipinski definition) is 1. The van der Waals surface area contributed by atoms with Crippen LogP contribution >= 0.6 is 0 Å². The highest BCUT2D eigenvalue weighted by Gasteiger charge is 2.07. The maximum Gasteiger partial charge on any atom is 0.137 e. The summed E-state index contributed by atoms with van der Waals surface area (Å²) < 4.78 is 7.30. The lowest BCUT2D eigenvalue weighted by Crippen LogP contribution is -1.97. The van der Waals surface area contributed by atoms with E-state index in [4.69, 9.17) is 10.5 Å². The van der Waals surface area contributed by atoms with Gasteiger partial charge in [0.15, 0.2) is 0 Å². The molecule has 1 aromatic carbocycles. The van der Waals surface area contributed by atoms with Gasteiger partial charge in [-0.15, -0.1) is 0 Å². The summed E-state index contributed by atoms with van der Waals surface area (Å²) in [6.07, 6.45) is 4.04. The molecule has 0 radical (unpaired) electrons. The molecule has 20 heavy (non-hydrogen) atoms. The highest BCUT2D eigenvalue weighted by molar-refractivity contribution is 5.64. The number of methoxy groups -OCH3 is 1. The van der Waals surface area contributed by atoms with Crippen LogP contribution in [-0.4, -0.2) is 16.5 Å². The van der Waals surface area contributed by atoms with Crippen molar-refractivity contribution in [2.24, 2.45) is 5.73 Å². The van der Waals surface area contributed by atoms with Gasteiger partial charge in [0.05, 0.1) is 12.8 Å². The Hall–Kier alpha value is -2.33. The van der Waals surface area contributed by atoms with Crippen LogP contribution in [0.25, 0.3) is 16.9 Å². The standard InChI is InChI=1S/C16H17N3O/c1-11-7-13(4-5-15(11)20-2)14-10-19-9-12(8-17)3-6-16(19)18-14/h3-7,9-10H,8,17H2,1-2H3. The summed E-state index contributed by atoms with van der Waals surface area (Å²) in [6.45, 7) is 2.57. The van der Waals surface area contributed by atoms with E-state index in [1.165, 1.54) is 0 Å². The van der Waals surface area contributed by atoms with E-state index in [-0.39, 0.29) is 0 Å². The van der Waals surface area contributed by atoms with Crippen molar-refractivity contribution in [2.45, 2.75) is 13.5 Å². The normalized spacial score (nSPS) is 10.9. The number of pyridine rings is 1. The van der Waals surface area contributed by atoms with Gasteiger partial charge in [-0.3, -0.25) is 0 Å². The molecule has 0 bridgehead atoms. The number of ether oxygens (including phenoxy) is 1. The number of rotatable bonds is 3. The van der Waals surface area contributed by atoms with Gasteiger partial charge in [0, 0.05) is 24.5 Å². The van der Waals surface area contributed by atoms with Crippen LogP contribution < -0.4 is 10.5 Å². The van der Waals surface area contributed by atoms with E-state index < -0.39 is 0 Å². The summed E-state index contributed by atoms with van der Waals surface area (Å²) in [7, 11) is 1.68. The third-order valence-electron chi connectivity index (χ3n) is 3.44. The molecule has 4 heteroatoms. The highest BCUT2D eigenvalue weighted by atomic mass is 16.5. The van der Waals surface area contributed by atoms with Crippen LogP contribution in [0.5, 0.6) is 5.75 Å². The number of nitrogens with zero attached hydrogens (tertiary/aromatic N) is 2. The molecular formula is C16H17N3O. The molecule has 0 spiro atoms. The minimum absolute atomic E-state index is 0.533. The van der Waals surface area contributed by atoms with Crippen LogP contribution in [0.1, 0.15) is 11.1 Å². The number of aromatic nitrogens is 2. The maximum absolute atomic E-state index is 5.66. The highest BCUT2D eigenvalue weighted by Crippen LogP contribution is 2.25. The van der Waals surface area contributed by atoms with Crippen LogP contribution in [0.15, 0.2) is 42.7 Å². The lowest BCUT2D eigenvalue weighted by molar-refractivity contribution is 0.412. The van der Waals surface area contributed by atoms with Crippen molar-refractivity contribution in [3.05, 3.63) is 53.9 Å². The number of imidazole rings is 1. The van der Waals surface area contributed by atoms with Gasteiger partial charge >= 0.3 is 0 Å². The first kappa shape index (κ1) is 12.7. The smallest absolute Gasteiger partial charge is 0.137 e. The average molecular weight is 267 g/mol. The van der Waals surface area contributed by atoms with Gasteiger partial charge in [-0.1, -0.05) is 6.07 Å². The number of hydrogen-bond acceptors (Lipinski definition) is 3. The minimum Gasteiger partial charge on any atom is -0.496 e. The van der Waals surface area contributed by atoms with Crippen molar-refractivity contribution in [2.75, 3.05) is 7.11 Å². The zero-order valence-electron chi connectivity index (χ0n) is 11.6. The number of nitrogens with two attached hydrogens (primary N) is 1. The molecule has 3 aromatic rings. The molecule has 0 amide bonds. The van der Waals surface area contributed by atoms with Crippen molar-refractivity contribution in [3.8, 4) is 17.0 Å². The molecule has 0 unspecified atom stereocenters. The molecule has 0 aliphatic heterocycles. The van der Waals surface area contributed by atoms with E-state index in [1.54, 1.807) is 7.11 Å². The predicted octanol–water partition coefficient (Wildman–Crippen LogP) is 2.78. The van der Waals surface area contributed by atoms with Crippen LogP contribution in [0.2, 0.25) is 0 Å². The van der Waals surface area contributed by atoms with E-state index in [2.05, 4.69) is 11.1 Å². The van der Waals surface area contributed by atoms with E-state index in [9.17, 15) is 0 Å². The first-order chi connectivity index (χ1) is 9.71. The zero-order valence-corrected chi connectivity index (χ0v) is 11.6. The van der Waals surface area contributed by atoms with E-state index in [1.807, 2.05) is 48.0 Å². The zero-order chi connectivity index (χ0) is 14.1. The Labute approximate surface area is 117 Å². The third-order valence-corrected chi connectivity index (χ3v) is 3.44. The summed E-state index contributed by atoms with van der Waals surface area (Å²) >= 11 is 0. The second-order valence-corrected chi connectivity index (χ2v) is 4.82. The Balaban J connectivity index is 2.07. The SMILES string of the molecule is COc1ccc(-c2cn3cc(CN)ccc3n2)cc1C. The summed E-state index contributed by atoms with van der Waals surface area (Å²) in [5.74, 6) is 0.892. The van der Waals surface area contributed by atoms with Gasteiger partial charge in [0.1, 0.15) is 11.4 Å². The molecule has 4 nitrogen and oxygen atoms in total. The van der Waals surface area contributed by atoms with Crippen molar-refractivity contribution in [3.63, 3.8) is 0 Å². The van der Waals surface area contributed by atoms with Crippen LogP contribution in [0.3, 0.4) is 0 Å². The van der Waals surface area contributed by atoms with Gasteiger partial charge in [-0.05, 0) is 42.3 Å². The largest absolute Gasteiger partial charge is 0.496 e. The van der Waals surface area contributed by atoms with E-state index in [0.717, 1.165) is 33.8 Å². The van der Waals surface area contributed by atoms with Gasteiger partial charge in [-0.2, -0.15) is 0 Å². The molecular weight excluding hydrogens is 250 g/mol. The Morgan fingerprint density at radius 2 is 2.05 bits per heavy atom. The Morgan fingerprint density at radius 3 is 2.75 bits per heavy atom. The lowest BCUT2D eigenvalue weighted by Gasteiger charge is -2.05. The molecule has 0 atom stereocenters. The molecule has 0 saturated carbocycles. The fourth-order valence-electron chi connectivity index (χ4n) is 2.34. The third kappa shape index (κ3) is 2.14. The number of aryl methyl sites for hydroxylation is 1. The Morgan fingerprint density at radius 1 is 1.20 bits per heavy atom. The van der Waals surface area contributed by atoms with Gasteiger partial charge in [0.2, 0.25) is 0 Å². The predicted molar refractivity (Wildman–Crippen MR) is 79.8 cm³/mol. The number of fused-ring (bicyclic) bond motifs is 1. The van der Waals surface area contributed by atoms with Crippen molar-refractivity contribution < 1.29 is 4.74 Å². The molecule has 102 valence electrons. The molecule has 0 aliphatic carbocycles. The van der Waals surface area contributed by atoms with E-state index in [0.29, 0.717) is 6.54 Å². The summed E-state index contributed by atoms with van der Waals surface area (Å²) in [5, 5.41) is 0. The Bertz CT molecular complexity index is 762. The van der Waals surface area contributed by atoms with Crippen LogP contribution in [0, 0.1) is 6.92 Å². The second kappa shape index (κ2) is 4.98. The van der Waals surface area contributed by atoms with Crippen LogP contribution in [0.4, 0.5) is 0 Å². The lowest BCUT2D eigenvalue weighted by atomic mass is 10.1. The van der Waals surface area contributed by atoms with Crippen molar-refractivity contribution >= 4 is 5.65 Å². The molecule has 0 saturated heterocycles. The molecule has 2 N–H and O–H groups in total.